The zero-order chi connectivity index (χ0) is 28.0. The number of carbonyl (C=O) groups excluding carboxylic acids is 1. The summed E-state index contributed by atoms with van der Waals surface area (Å²) in [5.41, 5.74) is 3.57. The van der Waals surface area contributed by atoms with E-state index < -0.39 is 0 Å². The lowest BCUT2D eigenvalue weighted by atomic mass is 10.0. The van der Waals surface area contributed by atoms with Crippen LogP contribution in [-0.2, 0) is 4.79 Å². The van der Waals surface area contributed by atoms with Gasteiger partial charge in [-0.25, -0.2) is 0 Å². The van der Waals surface area contributed by atoms with Crippen LogP contribution in [0.3, 0.4) is 0 Å². The molecule has 6 nitrogen and oxygen atoms in total. The van der Waals surface area contributed by atoms with Crippen molar-refractivity contribution in [2.24, 2.45) is 0 Å². The zero-order valence-corrected chi connectivity index (χ0v) is 23.3. The molecule has 0 spiro atoms. The van der Waals surface area contributed by atoms with Gasteiger partial charge < -0.3 is 23.8 Å². The molecule has 0 aliphatic carbocycles. The number of methoxy groups -OCH3 is 3. The van der Waals surface area contributed by atoms with Crippen molar-refractivity contribution in [3.63, 3.8) is 0 Å². The third-order valence-corrected chi connectivity index (χ3v) is 5.93. The van der Waals surface area contributed by atoms with E-state index in [0.717, 1.165) is 46.7 Å². The van der Waals surface area contributed by atoms with Crippen molar-refractivity contribution in [2.75, 3.05) is 48.6 Å². The molecule has 39 heavy (non-hydrogen) atoms. The molecule has 3 aromatic carbocycles. The Labute approximate surface area is 231 Å². The van der Waals surface area contributed by atoms with Gasteiger partial charge in [-0.3, -0.25) is 4.79 Å². The monoisotopic (exact) mass is 527 g/mol. The predicted molar refractivity (Wildman–Crippen MR) is 160 cm³/mol. The summed E-state index contributed by atoms with van der Waals surface area (Å²) in [6, 6.07) is 19.2. The van der Waals surface area contributed by atoms with Crippen LogP contribution in [0.2, 0.25) is 0 Å². The maximum Gasteiger partial charge on any atom is 0.178 e. The van der Waals surface area contributed by atoms with Crippen LogP contribution in [0.4, 0.5) is 0 Å². The minimum absolute atomic E-state index is 0.137. The molecular weight excluding hydrogens is 490 g/mol. The average Bonchev–Trinajstić information content (AvgIpc) is 2.96. The van der Waals surface area contributed by atoms with Crippen LogP contribution in [0.15, 0.2) is 72.8 Å². The van der Waals surface area contributed by atoms with Crippen molar-refractivity contribution in [2.45, 2.75) is 6.42 Å². The van der Waals surface area contributed by atoms with Crippen molar-refractivity contribution >= 4 is 30.1 Å². The fourth-order valence-electron chi connectivity index (χ4n) is 3.77. The van der Waals surface area contributed by atoms with E-state index in [-0.39, 0.29) is 5.78 Å². The number of benzene rings is 3. The van der Waals surface area contributed by atoms with Crippen molar-refractivity contribution in [3.8, 4) is 23.0 Å². The third kappa shape index (κ3) is 9.51. The van der Waals surface area contributed by atoms with Gasteiger partial charge in [0.25, 0.3) is 0 Å². The Morgan fingerprint density at radius 3 is 1.95 bits per heavy atom. The molecule has 0 bridgehead atoms. The standard InChI is InChI=1S/C33H37NO5/c1-34(2)21-6-22-39-30-18-11-26(12-19-30)8-14-28(35)15-20-32-27(23-31(37-4)24-33(32)38-5)13-7-25-9-16-29(36-3)17-10-25/h7-20,23-24H,6,21-22H2,1-5H3/b13-7+,14-8+,20-15+. The highest BCUT2D eigenvalue weighted by Crippen LogP contribution is 2.31. The van der Waals surface area contributed by atoms with E-state index in [2.05, 4.69) is 4.90 Å². The van der Waals surface area contributed by atoms with E-state index in [4.69, 9.17) is 18.9 Å². The third-order valence-electron chi connectivity index (χ3n) is 5.93. The summed E-state index contributed by atoms with van der Waals surface area (Å²) < 4.78 is 22.1. The first kappa shape index (κ1) is 29.3. The van der Waals surface area contributed by atoms with Crippen LogP contribution in [0, 0.1) is 0 Å². The molecular formula is C33H37NO5. The first-order valence-electron chi connectivity index (χ1n) is 12.8. The molecule has 0 aliphatic heterocycles. The Bertz CT molecular complexity index is 1290. The molecule has 0 unspecified atom stereocenters. The van der Waals surface area contributed by atoms with E-state index in [1.54, 1.807) is 45.6 Å². The molecule has 0 heterocycles. The highest BCUT2D eigenvalue weighted by Gasteiger charge is 2.09. The molecule has 0 fully saturated rings. The minimum Gasteiger partial charge on any atom is -0.497 e. The van der Waals surface area contributed by atoms with Gasteiger partial charge in [0, 0.05) is 18.2 Å². The van der Waals surface area contributed by atoms with Gasteiger partial charge in [0.1, 0.15) is 23.0 Å². The molecule has 0 amide bonds. The summed E-state index contributed by atoms with van der Waals surface area (Å²) in [5, 5.41) is 0. The number of hydrogen-bond acceptors (Lipinski definition) is 6. The fourth-order valence-corrected chi connectivity index (χ4v) is 3.77. The number of allylic oxidation sites excluding steroid dienone is 2. The molecule has 3 rings (SSSR count). The van der Waals surface area contributed by atoms with E-state index in [1.807, 2.05) is 80.8 Å². The lowest BCUT2D eigenvalue weighted by molar-refractivity contribution is -0.110. The first-order chi connectivity index (χ1) is 18.9. The summed E-state index contributed by atoms with van der Waals surface area (Å²) in [4.78, 5) is 14.8. The smallest absolute Gasteiger partial charge is 0.178 e. The van der Waals surface area contributed by atoms with Gasteiger partial charge in [0.15, 0.2) is 5.78 Å². The second kappa shape index (κ2) is 15.2. The number of carbonyl (C=O) groups is 1. The molecule has 6 heteroatoms. The van der Waals surface area contributed by atoms with Crippen molar-refractivity contribution < 1.29 is 23.7 Å². The van der Waals surface area contributed by atoms with Gasteiger partial charge in [0.2, 0.25) is 0 Å². The predicted octanol–water partition coefficient (Wildman–Crippen LogP) is 6.51. The summed E-state index contributed by atoms with van der Waals surface area (Å²) in [7, 11) is 8.94. The zero-order valence-electron chi connectivity index (χ0n) is 23.3. The number of rotatable bonds is 14. The summed E-state index contributed by atoms with van der Waals surface area (Å²) in [6.45, 7) is 1.65. The van der Waals surface area contributed by atoms with E-state index >= 15 is 0 Å². The van der Waals surface area contributed by atoms with Gasteiger partial charge in [-0.1, -0.05) is 42.5 Å². The van der Waals surface area contributed by atoms with Crippen molar-refractivity contribution in [1.82, 2.24) is 4.90 Å². The number of nitrogens with zero attached hydrogens (tertiary/aromatic N) is 1. The van der Waals surface area contributed by atoms with Crippen LogP contribution < -0.4 is 18.9 Å². The highest BCUT2D eigenvalue weighted by molar-refractivity contribution is 6.05. The molecule has 0 N–H and O–H groups in total. The number of hydrogen-bond donors (Lipinski definition) is 0. The molecule has 0 saturated carbocycles. The maximum atomic E-state index is 12.7. The SMILES string of the molecule is COc1ccc(/C=C/c2cc(OC)cc(OC)c2/C=C/C(=O)/C=C/c2ccc(OCCCN(C)C)cc2)cc1. The van der Waals surface area contributed by atoms with Crippen LogP contribution in [0.5, 0.6) is 23.0 Å². The van der Waals surface area contributed by atoms with Crippen LogP contribution in [-0.4, -0.2) is 59.3 Å². The van der Waals surface area contributed by atoms with E-state index in [9.17, 15) is 4.79 Å². The van der Waals surface area contributed by atoms with E-state index in [0.29, 0.717) is 18.1 Å². The summed E-state index contributed by atoms with van der Waals surface area (Å²) in [6.07, 6.45) is 11.6. The van der Waals surface area contributed by atoms with Gasteiger partial charge in [-0.05, 0) is 85.8 Å². The van der Waals surface area contributed by atoms with Gasteiger partial charge >= 0.3 is 0 Å². The molecule has 0 radical (unpaired) electrons. The molecule has 3 aromatic rings. The van der Waals surface area contributed by atoms with Gasteiger partial charge in [-0.2, -0.15) is 0 Å². The molecule has 0 saturated heterocycles. The average molecular weight is 528 g/mol. The molecule has 0 aliphatic rings. The van der Waals surface area contributed by atoms with Crippen LogP contribution in [0.1, 0.15) is 28.7 Å². The number of ketones is 1. The fraction of sp³-hybridized carbons (Fsp3) is 0.242. The summed E-state index contributed by atoms with van der Waals surface area (Å²) >= 11 is 0. The largest absolute Gasteiger partial charge is 0.497 e. The van der Waals surface area contributed by atoms with Crippen LogP contribution >= 0.6 is 0 Å². The lowest BCUT2D eigenvalue weighted by Gasteiger charge is -2.11. The molecule has 0 atom stereocenters. The Hall–Kier alpha value is -4.29. The normalized spacial score (nSPS) is 11.5. The summed E-state index contributed by atoms with van der Waals surface area (Å²) in [5.74, 6) is 2.75. The second-order valence-corrected chi connectivity index (χ2v) is 9.08. The lowest BCUT2D eigenvalue weighted by Crippen LogP contribution is -2.15. The molecule has 204 valence electrons. The highest BCUT2D eigenvalue weighted by atomic mass is 16.5. The second-order valence-electron chi connectivity index (χ2n) is 9.08. The Morgan fingerprint density at radius 2 is 1.33 bits per heavy atom. The molecule has 0 aromatic heterocycles. The topological polar surface area (TPSA) is 57.2 Å². The van der Waals surface area contributed by atoms with Gasteiger partial charge in [0.05, 0.1) is 27.9 Å². The van der Waals surface area contributed by atoms with Crippen molar-refractivity contribution in [3.05, 3.63) is 95.1 Å². The van der Waals surface area contributed by atoms with Crippen molar-refractivity contribution in [1.29, 1.82) is 0 Å². The van der Waals surface area contributed by atoms with Crippen LogP contribution in [0.25, 0.3) is 24.3 Å². The Balaban J connectivity index is 1.71. The quantitative estimate of drug-likeness (QED) is 0.135. The first-order valence-corrected chi connectivity index (χ1v) is 12.8. The van der Waals surface area contributed by atoms with E-state index in [1.165, 1.54) is 6.08 Å². The Kier molecular flexibility index (Phi) is 11.4. The Morgan fingerprint density at radius 1 is 0.718 bits per heavy atom. The number of ether oxygens (including phenoxy) is 4. The minimum atomic E-state index is -0.137. The maximum absolute atomic E-state index is 12.7. The van der Waals surface area contributed by atoms with Gasteiger partial charge in [-0.15, -0.1) is 0 Å².